The molecule has 37 heavy (non-hydrogen) atoms. The van der Waals surface area contributed by atoms with E-state index in [1.54, 1.807) is 24.3 Å². The number of nitrogens with one attached hydrogen (secondary N) is 1. The lowest BCUT2D eigenvalue weighted by Gasteiger charge is -2.25. The normalized spacial score (nSPS) is 13.9. The Balaban J connectivity index is 1.60. The summed E-state index contributed by atoms with van der Waals surface area (Å²) in [5.74, 6) is 0.759. The van der Waals surface area contributed by atoms with Crippen LogP contribution in [0.2, 0.25) is 10.0 Å². The second-order valence-corrected chi connectivity index (χ2v) is 11.6. The van der Waals surface area contributed by atoms with E-state index in [9.17, 15) is 8.42 Å². The van der Waals surface area contributed by atoms with Crippen LogP contribution in [-0.2, 0) is 29.6 Å². The van der Waals surface area contributed by atoms with Crippen LogP contribution in [0.3, 0.4) is 0 Å². The van der Waals surface area contributed by atoms with Gasteiger partial charge in [0.2, 0.25) is 5.88 Å². The van der Waals surface area contributed by atoms with Crippen molar-refractivity contribution in [3.63, 3.8) is 0 Å². The highest BCUT2D eigenvalue weighted by atomic mass is 35.5. The zero-order chi connectivity index (χ0) is 26.6. The number of likely N-dealkylation sites (N-methyl/N-ethyl adjacent to an activating group) is 2. The molecule has 0 aliphatic carbocycles. The van der Waals surface area contributed by atoms with Gasteiger partial charge in [0.05, 0.1) is 15.7 Å². The predicted molar refractivity (Wildman–Crippen MR) is 146 cm³/mol. The van der Waals surface area contributed by atoms with Crippen molar-refractivity contribution in [3.8, 4) is 11.6 Å². The first-order chi connectivity index (χ1) is 17.6. The number of anilines is 1. The molecule has 3 aromatic rings. The standard InChI is InChI=1S/C26H30Cl2N4O4S/c1-31(2)12-13-35-24-14-18(8-9-20(24)27)17-36-26-23(15-19-16-32(3)11-10-22(19)29-26)30-37(33,34)25-7-5-4-6-21(25)28/h4-9,14-15,30H,10-13,16-17H2,1-3H3. The van der Waals surface area contributed by atoms with Crippen LogP contribution in [0.4, 0.5) is 5.69 Å². The number of sulfonamides is 1. The quantitative estimate of drug-likeness (QED) is 0.382. The van der Waals surface area contributed by atoms with Gasteiger partial charge in [-0.05, 0) is 62.6 Å². The van der Waals surface area contributed by atoms with E-state index in [2.05, 4.69) is 9.62 Å². The van der Waals surface area contributed by atoms with Crippen LogP contribution < -0.4 is 14.2 Å². The molecule has 1 N–H and O–H groups in total. The highest BCUT2D eigenvalue weighted by Gasteiger charge is 2.24. The molecule has 11 heteroatoms. The van der Waals surface area contributed by atoms with E-state index in [1.807, 2.05) is 38.2 Å². The maximum absolute atomic E-state index is 13.2. The fourth-order valence-electron chi connectivity index (χ4n) is 3.88. The Morgan fingerprint density at radius 1 is 1.08 bits per heavy atom. The van der Waals surface area contributed by atoms with Gasteiger partial charge < -0.3 is 19.3 Å². The van der Waals surface area contributed by atoms with Crippen LogP contribution >= 0.6 is 23.2 Å². The summed E-state index contributed by atoms with van der Waals surface area (Å²) in [5.41, 5.74) is 2.90. The summed E-state index contributed by atoms with van der Waals surface area (Å²) < 4.78 is 40.9. The molecule has 0 radical (unpaired) electrons. The lowest BCUT2D eigenvalue weighted by molar-refractivity contribution is 0.259. The first-order valence-corrected chi connectivity index (χ1v) is 14.0. The Labute approximate surface area is 228 Å². The van der Waals surface area contributed by atoms with Gasteiger partial charge in [0, 0.05) is 26.1 Å². The Kier molecular flexibility index (Phi) is 8.82. The van der Waals surface area contributed by atoms with Gasteiger partial charge in [0.1, 0.15) is 29.5 Å². The zero-order valence-electron chi connectivity index (χ0n) is 21.0. The fraction of sp³-hybridized carbons (Fsp3) is 0.346. The Hall–Kier alpha value is -2.56. The van der Waals surface area contributed by atoms with Crippen molar-refractivity contribution < 1.29 is 17.9 Å². The van der Waals surface area contributed by atoms with Crippen molar-refractivity contribution in [2.75, 3.05) is 45.6 Å². The average Bonchev–Trinajstić information content (AvgIpc) is 2.84. The van der Waals surface area contributed by atoms with Gasteiger partial charge in [0.25, 0.3) is 10.0 Å². The van der Waals surface area contributed by atoms with Gasteiger partial charge in [-0.25, -0.2) is 13.4 Å². The molecule has 0 saturated carbocycles. The summed E-state index contributed by atoms with van der Waals surface area (Å²) in [4.78, 5) is 8.86. The smallest absolute Gasteiger partial charge is 0.263 e. The van der Waals surface area contributed by atoms with Crippen LogP contribution in [-0.4, -0.2) is 64.0 Å². The van der Waals surface area contributed by atoms with E-state index in [1.165, 1.54) is 12.1 Å². The van der Waals surface area contributed by atoms with E-state index in [-0.39, 0.29) is 28.1 Å². The van der Waals surface area contributed by atoms with Gasteiger partial charge in [-0.3, -0.25) is 4.72 Å². The molecular weight excluding hydrogens is 535 g/mol. The maximum atomic E-state index is 13.2. The molecule has 1 aliphatic heterocycles. The summed E-state index contributed by atoms with van der Waals surface area (Å²) in [6.07, 6.45) is 0.741. The third-order valence-corrected chi connectivity index (χ3v) is 8.04. The first kappa shape index (κ1) is 27.5. The summed E-state index contributed by atoms with van der Waals surface area (Å²) in [7, 11) is 1.97. The largest absolute Gasteiger partial charge is 0.491 e. The molecule has 0 unspecified atom stereocenters. The van der Waals surface area contributed by atoms with E-state index in [0.717, 1.165) is 36.3 Å². The fourth-order valence-corrected chi connectivity index (χ4v) is 5.62. The SMILES string of the molecule is CN(C)CCOc1cc(COc2nc3c(cc2NS(=O)(=O)c2ccccc2Cl)CN(C)CC3)ccc1Cl. The number of hydrogen-bond acceptors (Lipinski definition) is 7. The van der Waals surface area contributed by atoms with Crippen molar-refractivity contribution in [3.05, 3.63) is 75.4 Å². The Morgan fingerprint density at radius 2 is 1.86 bits per heavy atom. The first-order valence-electron chi connectivity index (χ1n) is 11.8. The number of aromatic nitrogens is 1. The summed E-state index contributed by atoms with van der Waals surface area (Å²) in [6, 6.07) is 13.5. The number of benzene rings is 2. The summed E-state index contributed by atoms with van der Waals surface area (Å²) in [6.45, 7) is 2.91. The molecule has 198 valence electrons. The van der Waals surface area contributed by atoms with Gasteiger partial charge in [-0.2, -0.15) is 0 Å². The minimum atomic E-state index is -3.98. The number of fused-ring (bicyclic) bond motifs is 1. The Bertz CT molecular complexity index is 1370. The van der Waals surface area contributed by atoms with Crippen LogP contribution in [0.5, 0.6) is 11.6 Å². The topological polar surface area (TPSA) is 84.0 Å². The lowest BCUT2D eigenvalue weighted by Crippen LogP contribution is -2.28. The molecule has 0 amide bonds. The van der Waals surface area contributed by atoms with Crippen molar-refractivity contribution in [2.24, 2.45) is 0 Å². The van der Waals surface area contributed by atoms with Crippen LogP contribution in [0.1, 0.15) is 16.8 Å². The minimum Gasteiger partial charge on any atom is -0.491 e. The molecule has 2 heterocycles. The summed E-state index contributed by atoms with van der Waals surface area (Å²) >= 11 is 12.5. The van der Waals surface area contributed by atoms with E-state index >= 15 is 0 Å². The molecule has 4 rings (SSSR count). The molecule has 1 aliphatic rings. The highest BCUT2D eigenvalue weighted by molar-refractivity contribution is 7.92. The number of rotatable bonds is 10. The molecule has 0 saturated heterocycles. The molecule has 0 spiro atoms. The van der Waals surface area contributed by atoms with Gasteiger partial charge in [0.15, 0.2) is 0 Å². The minimum absolute atomic E-state index is 0.0188. The lowest BCUT2D eigenvalue weighted by atomic mass is 10.1. The molecule has 8 nitrogen and oxygen atoms in total. The number of halogens is 2. The second kappa shape index (κ2) is 11.9. The molecule has 2 aromatic carbocycles. The predicted octanol–water partition coefficient (Wildman–Crippen LogP) is 4.70. The molecule has 0 atom stereocenters. The van der Waals surface area contributed by atoms with E-state index < -0.39 is 10.0 Å². The molecule has 1 aromatic heterocycles. The van der Waals surface area contributed by atoms with Gasteiger partial charge >= 0.3 is 0 Å². The second-order valence-electron chi connectivity index (χ2n) is 9.18. The summed E-state index contributed by atoms with van der Waals surface area (Å²) in [5, 5.41) is 0.637. The number of hydrogen-bond donors (Lipinski definition) is 1. The third kappa shape index (κ3) is 7.06. The number of ether oxygens (including phenoxy) is 2. The number of nitrogens with zero attached hydrogens (tertiary/aromatic N) is 3. The van der Waals surface area contributed by atoms with Crippen molar-refractivity contribution >= 4 is 38.9 Å². The van der Waals surface area contributed by atoms with Crippen LogP contribution in [0, 0.1) is 0 Å². The third-order valence-electron chi connectivity index (χ3n) is 5.86. The van der Waals surface area contributed by atoms with Gasteiger partial charge in [-0.15, -0.1) is 0 Å². The van der Waals surface area contributed by atoms with Crippen molar-refractivity contribution in [1.82, 2.24) is 14.8 Å². The number of pyridine rings is 1. The van der Waals surface area contributed by atoms with Crippen LogP contribution in [0.15, 0.2) is 53.4 Å². The van der Waals surface area contributed by atoms with Gasteiger partial charge in [-0.1, -0.05) is 41.4 Å². The maximum Gasteiger partial charge on any atom is 0.263 e. The molecule has 0 bridgehead atoms. The van der Waals surface area contributed by atoms with Crippen molar-refractivity contribution in [1.29, 1.82) is 0 Å². The highest BCUT2D eigenvalue weighted by Crippen LogP contribution is 2.33. The van der Waals surface area contributed by atoms with E-state index in [0.29, 0.717) is 23.9 Å². The monoisotopic (exact) mass is 564 g/mol. The Morgan fingerprint density at radius 3 is 2.62 bits per heavy atom. The van der Waals surface area contributed by atoms with Crippen molar-refractivity contribution in [2.45, 2.75) is 24.5 Å². The molecular formula is C26H30Cl2N4O4S. The molecule has 0 fully saturated rings. The van der Waals surface area contributed by atoms with Crippen LogP contribution in [0.25, 0.3) is 0 Å². The zero-order valence-corrected chi connectivity index (χ0v) is 23.3. The van der Waals surface area contributed by atoms with E-state index in [4.69, 9.17) is 37.7 Å². The average molecular weight is 566 g/mol.